The van der Waals surface area contributed by atoms with Crippen molar-refractivity contribution >= 4 is 11.8 Å². The van der Waals surface area contributed by atoms with Gasteiger partial charge in [0.25, 0.3) is 0 Å². The minimum atomic E-state index is -0.440. The normalized spacial score (nSPS) is 17.2. The number of methoxy groups -OCH3 is 1. The van der Waals surface area contributed by atoms with Crippen molar-refractivity contribution in [2.45, 2.75) is 45.4 Å². The number of nitrogens with one attached hydrogen (secondary N) is 1. The van der Waals surface area contributed by atoms with Crippen LogP contribution in [0.25, 0.3) is 0 Å². The van der Waals surface area contributed by atoms with Crippen LogP contribution < -0.4 is 14.8 Å². The van der Waals surface area contributed by atoms with E-state index in [-0.39, 0.29) is 24.3 Å². The van der Waals surface area contributed by atoms with E-state index in [9.17, 15) is 9.59 Å². The summed E-state index contributed by atoms with van der Waals surface area (Å²) < 4.78 is 11.1. The molecule has 1 saturated heterocycles. The van der Waals surface area contributed by atoms with Gasteiger partial charge in [0.15, 0.2) is 0 Å². The topological polar surface area (TPSA) is 80.8 Å². The second-order valence-corrected chi connectivity index (χ2v) is 8.98. The number of benzene rings is 2. The van der Waals surface area contributed by atoms with Crippen molar-refractivity contribution in [3.8, 4) is 11.5 Å². The van der Waals surface area contributed by atoms with Crippen molar-refractivity contribution in [1.82, 2.24) is 15.2 Å². The second kappa shape index (κ2) is 12.2. The molecule has 2 amide bonds. The third kappa shape index (κ3) is 6.22. The van der Waals surface area contributed by atoms with Crippen molar-refractivity contribution in [1.29, 1.82) is 0 Å². The van der Waals surface area contributed by atoms with Gasteiger partial charge >= 0.3 is 0 Å². The van der Waals surface area contributed by atoms with Crippen LogP contribution in [-0.4, -0.2) is 35.4 Å². The fourth-order valence-corrected chi connectivity index (χ4v) is 4.50. The number of carbonyl (C=O) groups is 2. The highest BCUT2D eigenvalue weighted by molar-refractivity contribution is 5.90. The summed E-state index contributed by atoms with van der Waals surface area (Å²) in [6.07, 6.45) is 5.61. The Morgan fingerprint density at radius 1 is 1.06 bits per heavy atom. The van der Waals surface area contributed by atoms with Crippen molar-refractivity contribution < 1.29 is 19.1 Å². The molecule has 1 aliphatic heterocycles. The quantitative estimate of drug-likeness (QED) is 0.425. The van der Waals surface area contributed by atoms with Crippen LogP contribution in [0.1, 0.15) is 48.9 Å². The van der Waals surface area contributed by atoms with Gasteiger partial charge in [0.05, 0.1) is 19.1 Å². The van der Waals surface area contributed by atoms with Crippen LogP contribution in [0.2, 0.25) is 0 Å². The van der Waals surface area contributed by atoms with Crippen molar-refractivity contribution in [3.63, 3.8) is 0 Å². The SMILES string of the molecule is CCCCN1C(=O)CC(C(=O)NCc2ccc(OCc3cccnc3)cc2)C1c1ccc(OC)cc1. The van der Waals surface area contributed by atoms with Gasteiger partial charge in [0.1, 0.15) is 18.1 Å². The molecular formula is C29H33N3O4. The van der Waals surface area contributed by atoms with Crippen LogP contribution >= 0.6 is 0 Å². The minimum Gasteiger partial charge on any atom is -0.497 e. The molecule has 7 heteroatoms. The molecule has 1 N–H and O–H groups in total. The molecule has 4 rings (SSSR count). The van der Waals surface area contributed by atoms with Crippen molar-refractivity contribution in [2.75, 3.05) is 13.7 Å². The molecule has 0 aliphatic carbocycles. The van der Waals surface area contributed by atoms with Crippen LogP contribution in [0, 0.1) is 5.92 Å². The Labute approximate surface area is 212 Å². The molecule has 0 saturated carbocycles. The van der Waals surface area contributed by atoms with Crippen LogP contribution in [0.4, 0.5) is 0 Å². The van der Waals surface area contributed by atoms with Crippen molar-refractivity contribution in [3.05, 3.63) is 89.7 Å². The number of ether oxygens (including phenoxy) is 2. The minimum absolute atomic E-state index is 0.0273. The number of hydrogen-bond acceptors (Lipinski definition) is 5. The lowest BCUT2D eigenvalue weighted by molar-refractivity contribution is -0.129. The zero-order valence-corrected chi connectivity index (χ0v) is 20.9. The molecule has 1 fully saturated rings. The van der Waals surface area contributed by atoms with E-state index in [1.54, 1.807) is 19.5 Å². The zero-order chi connectivity index (χ0) is 25.3. The first-order valence-corrected chi connectivity index (χ1v) is 12.4. The van der Waals surface area contributed by atoms with Gasteiger partial charge in [-0.15, -0.1) is 0 Å². The summed E-state index contributed by atoms with van der Waals surface area (Å²) >= 11 is 0. The van der Waals surface area contributed by atoms with E-state index in [1.807, 2.05) is 65.6 Å². The molecule has 36 heavy (non-hydrogen) atoms. The highest BCUT2D eigenvalue weighted by Crippen LogP contribution is 2.39. The summed E-state index contributed by atoms with van der Waals surface area (Å²) in [6.45, 7) is 3.58. The molecule has 2 aromatic carbocycles. The van der Waals surface area contributed by atoms with E-state index in [1.165, 1.54) is 0 Å². The molecular weight excluding hydrogens is 454 g/mol. The van der Waals surface area contributed by atoms with Gasteiger partial charge < -0.3 is 19.7 Å². The molecule has 3 aromatic rings. The van der Waals surface area contributed by atoms with E-state index < -0.39 is 5.92 Å². The van der Waals surface area contributed by atoms with Gasteiger partial charge in [0.2, 0.25) is 11.8 Å². The number of hydrogen-bond donors (Lipinski definition) is 1. The number of aromatic nitrogens is 1. The summed E-state index contributed by atoms with van der Waals surface area (Å²) in [7, 11) is 1.62. The van der Waals surface area contributed by atoms with Crippen LogP contribution in [0.15, 0.2) is 73.1 Å². The molecule has 1 aromatic heterocycles. The number of likely N-dealkylation sites (tertiary alicyclic amines) is 1. The second-order valence-electron chi connectivity index (χ2n) is 8.98. The summed E-state index contributed by atoms with van der Waals surface area (Å²) in [5.74, 6) is 0.975. The molecule has 0 spiro atoms. The van der Waals surface area contributed by atoms with E-state index >= 15 is 0 Å². The largest absolute Gasteiger partial charge is 0.497 e. The first kappa shape index (κ1) is 25.2. The predicted molar refractivity (Wildman–Crippen MR) is 137 cm³/mol. The van der Waals surface area contributed by atoms with Crippen LogP contribution in [-0.2, 0) is 22.7 Å². The van der Waals surface area contributed by atoms with Gasteiger partial charge in [0, 0.05) is 37.5 Å². The lowest BCUT2D eigenvalue weighted by atomic mass is 9.92. The summed E-state index contributed by atoms with van der Waals surface area (Å²) in [5.41, 5.74) is 2.91. The lowest BCUT2D eigenvalue weighted by Gasteiger charge is -2.28. The van der Waals surface area contributed by atoms with E-state index in [0.29, 0.717) is 19.7 Å². The molecule has 2 unspecified atom stereocenters. The van der Waals surface area contributed by atoms with Gasteiger partial charge in [-0.1, -0.05) is 43.7 Å². The number of unbranched alkanes of at least 4 members (excludes halogenated alkanes) is 1. The van der Waals surface area contributed by atoms with Crippen molar-refractivity contribution in [2.24, 2.45) is 5.92 Å². The number of carbonyl (C=O) groups excluding carboxylic acids is 2. The Bertz CT molecular complexity index is 1130. The Hall–Kier alpha value is -3.87. The molecule has 2 atom stereocenters. The van der Waals surface area contributed by atoms with Crippen LogP contribution in [0.3, 0.4) is 0 Å². The average molecular weight is 488 g/mol. The molecule has 0 radical (unpaired) electrons. The van der Waals surface area contributed by atoms with Gasteiger partial charge in [-0.25, -0.2) is 0 Å². The fraction of sp³-hybridized carbons (Fsp3) is 0.345. The lowest BCUT2D eigenvalue weighted by Crippen LogP contribution is -2.35. The monoisotopic (exact) mass is 487 g/mol. The van der Waals surface area contributed by atoms with E-state index in [4.69, 9.17) is 9.47 Å². The highest BCUT2D eigenvalue weighted by atomic mass is 16.5. The Morgan fingerprint density at radius 2 is 1.81 bits per heavy atom. The van der Waals surface area contributed by atoms with Crippen LogP contribution in [0.5, 0.6) is 11.5 Å². The maximum Gasteiger partial charge on any atom is 0.226 e. The molecule has 0 bridgehead atoms. The maximum absolute atomic E-state index is 13.3. The molecule has 188 valence electrons. The number of amides is 2. The van der Waals surface area contributed by atoms with Gasteiger partial charge in [-0.05, 0) is 47.9 Å². The van der Waals surface area contributed by atoms with E-state index in [0.717, 1.165) is 41.0 Å². The molecule has 2 heterocycles. The summed E-state index contributed by atoms with van der Waals surface area (Å²) in [6, 6.07) is 18.9. The van der Waals surface area contributed by atoms with Gasteiger partial charge in [-0.2, -0.15) is 0 Å². The average Bonchev–Trinajstić information content (AvgIpc) is 3.26. The fourth-order valence-electron chi connectivity index (χ4n) is 4.50. The first-order chi connectivity index (χ1) is 17.6. The standard InChI is InChI=1S/C29H33N3O4/c1-3-4-16-32-27(33)17-26(28(32)23-9-13-24(35-2)14-10-23)29(34)31-19-21-7-11-25(12-8-21)36-20-22-6-5-15-30-18-22/h5-15,18,26,28H,3-4,16-17,19-20H2,1-2H3,(H,31,34). The summed E-state index contributed by atoms with van der Waals surface area (Å²) in [4.78, 5) is 32.1. The molecule has 1 aliphatic rings. The highest BCUT2D eigenvalue weighted by Gasteiger charge is 2.44. The predicted octanol–water partition coefficient (Wildman–Crippen LogP) is 4.68. The third-order valence-electron chi connectivity index (χ3n) is 6.50. The van der Waals surface area contributed by atoms with E-state index in [2.05, 4.69) is 17.2 Å². The Kier molecular flexibility index (Phi) is 8.55. The Morgan fingerprint density at radius 3 is 2.47 bits per heavy atom. The zero-order valence-electron chi connectivity index (χ0n) is 20.9. The van der Waals surface area contributed by atoms with Gasteiger partial charge in [-0.3, -0.25) is 14.6 Å². The third-order valence-corrected chi connectivity index (χ3v) is 6.50. The summed E-state index contributed by atoms with van der Waals surface area (Å²) in [5, 5.41) is 3.05. The number of pyridine rings is 1. The molecule has 7 nitrogen and oxygen atoms in total. The Balaban J connectivity index is 1.39. The maximum atomic E-state index is 13.3. The number of nitrogens with zero attached hydrogens (tertiary/aromatic N) is 2. The smallest absolute Gasteiger partial charge is 0.226 e. The first-order valence-electron chi connectivity index (χ1n) is 12.4. The number of rotatable bonds is 11.